The van der Waals surface area contributed by atoms with Gasteiger partial charge in [-0.15, -0.1) is 0 Å². The Labute approximate surface area is 121 Å². The van der Waals surface area contributed by atoms with Crippen molar-refractivity contribution in [2.24, 2.45) is 17.8 Å². The molecule has 0 bridgehead atoms. The summed E-state index contributed by atoms with van der Waals surface area (Å²) in [7, 11) is 0. The van der Waals surface area contributed by atoms with Crippen LogP contribution >= 0.6 is 0 Å². The van der Waals surface area contributed by atoms with E-state index in [-0.39, 0.29) is 0 Å². The van der Waals surface area contributed by atoms with Crippen LogP contribution in [0.5, 0.6) is 0 Å². The molecule has 0 aliphatic heterocycles. The zero-order chi connectivity index (χ0) is 13.3. The monoisotopic (exact) mass is 264 g/mol. The van der Waals surface area contributed by atoms with Gasteiger partial charge in [0.25, 0.3) is 0 Å². The fourth-order valence-electron chi connectivity index (χ4n) is 4.66. The molecule has 0 spiro atoms. The van der Waals surface area contributed by atoms with Crippen LogP contribution in [0, 0.1) is 17.8 Å². The molecule has 2 atom stereocenters. The summed E-state index contributed by atoms with van der Waals surface area (Å²) in [5, 5.41) is 0. The van der Waals surface area contributed by atoms with Crippen LogP contribution in [-0.4, -0.2) is 0 Å². The smallest absolute Gasteiger partial charge is 0.0383 e. The van der Waals surface area contributed by atoms with Gasteiger partial charge in [0.05, 0.1) is 0 Å². The Bertz CT molecular complexity index is 214. The second-order valence-electron chi connectivity index (χ2n) is 7.39. The summed E-state index contributed by atoms with van der Waals surface area (Å²) in [6.07, 6.45) is 22.8. The summed E-state index contributed by atoms with van der Waals surface area (Å²) in [4.78, 5) is 0. The van der Waals surface area contributed by atoms with Crippen molar-refractivity contribution in [1.82, 2.24) is 0 Å². The second-order valence-corrected chi connectivity index (χ2v) is 7.39. The predicted octanol–water partition coefficient (Wildman–Crippen LogP) is 6.73. The van der Waals surface area contributed by atoms with Crippen LogP contribution in [0.15, 0.2) is 0 Å². The third-order valence-electron chi connectivity index (χ3n) is 5.86. The van der Waals surface area contributed by atoms with Crippen LogP contribution in [0.4, 0.5) is 0 Å². The highest BCUT2D eigenvalue weighted by molar-refractivity contribution is 4.79. The van der Waals surface area contributed by atoms with Crippen molar-refractivity contribution in [2.75, 3.05) is 0 Å². The van der Waals surface area contributed by atoms with Gasteiger partial charge in [-0.2, -0.15) is 0 Å². The van der Waals surface area contributed by atoms with Crippen molar-refractivity contribution in [3.05, 3.63) is 0 Å². The minimum atomic E-state index is 1.11. The van der Waals surface area contributed by atoms with Crippen molar-refractivity contribution < 1.29 is 0 Å². The number of hydrogen-bond acceptors (Lipinski definition) is 0. The molecule has 2 fully saturated rings. The van der Waals surface area contributed by atoms with E-state index in [1.807, 2.05) is 0 Å². The van der Waals surface area contributed by atoms with Crippen LogP contribution in [0.2, 0.25) is 0 Å². The third kappa shape index (κ3) is 5.48. The third-order valence-corrected chi connectivity index (χ3v) is 5.86. The fraction of sp³-hybridized carbons (Fsp3) is 1.00. The first kappa shape index (κ1) is 15.4. The van der Waals surface area contributed by atoms with Crippen LogP contribution in [0.25, 0.3) is 0 Å². The Hall–Kier alpha value is 0. The molecule has 2 unspecified atom stereocenters. The molecule has 0 heteroatoms. The molecule has 112 valence electrons. The van der Waals surface area contributed by atoms with E-state index in [4.69, 9.17) is 0 Å². The molecule has 0 saturated heterocycles. The number of unbranched alkanes of at least 4 members (excludes halogenated alkanes) is 4. The summed E-state index contributed by atoms with van der Waals surface area (Å²) < 4.78 is 0. The lowest BCUT2D eigenvalue weighted by molar-refractivity contribution is 0.182. The van der Waals surface area contributed by atoms with E-state index in [0.29, 0.717) is 0 Å². The van der Waals surface area contributed by atoms with Crippen molar-refractivity contribution in [3.63, 3.8) is 0 Å². The largest absolute Gasteiger partial charge is 0.0654 e. The lowest BCUT2D eigenvalue weighted by Gasteiger charge is -2.33. The van der Waals surface area contributed by atoms with Crippen LogP contribution in [0.3, 0.4) is 0 Å². The second kappa shape index (κ2) is 9.03. The van der Waals surface area contributed by atoms with Gasteiger partial charge in [-0.3, -0.25) is 0 Å². The highest BCUT2D eigenvalue weighted by atomic mass is 14.3. The quantitative estimate of drug-likeness (QED) is 0.426. The highest BCUT2D eigenvalue weighted by Gasteiger charge is 2.28. The molecule has 0 N–H and O–H groups in total. The van der Waals surface area contributed by atoms with Gasteiger partial charge in [0.2, 0.25) is 0 Å². The lowest BCUT2D eigenvalue weighted by atomic mass is 9.72. The molecule has 0 aromatic rings. The molecule has 0 aromatic carbocycles. The number of rotatable bonds is 8. The maximum atomic E-state index is 2.32. The average molecular weight is 264 g/mol. The maximum Gasteiger partial charge on any atom is -0.0383 e. The fourth-order valence-corrected chi connectivity index (χ4v) is 4.66. The minimum absolute atomic E-state index is 1.11. The van der Waals surface area contributed by atoms with E-state index < -0.39 is 0 Å². The molecule has 0 heterocycles. The predicted molar refractivity (Wildman–Crippen MR) is 85.4 cm³/mol. The molecule has 19 heavy (non-hydrogen) atoms. The summed E-state index contributed by atoms with van der Waals surface area (Å²) in [6.45, 7) is 2.32. The zero-order valence-corrected chi connectivity index (χ0v) is 13.3. The summed E-state index contributed by atoms with van der Waals surface area (Å²) >= 11 is 0. The average Bonchev–Trinajstić information content (AvgIpc) is 2.93. The Morgan fingerprint density at radius 1 is 0.684 bits per heavy atom. The Balaban J connectivity index is 1.66. The molecular formula is C19H36. The van der Waals surface area contributed by atoms with E-state index in [1.54, 1.807) is 38.5 Å². The Morgan fingerprint density at radius 2 is 1.32 bits per heavy atom. The zero-order valence-electron chi connectivity index (χ0n) is 13.3. The van der Waals surface area contributed by atoms with Gasteiger partial charge in [-0.1, -0.05) is 96.8 Å². The molecule has 2 rings (SSSR count). The standard InChI is InChI=1S/C19H36/c1-2-3-4-5-6-13-18-14-9-10-15-19(18)16-17-11-7-8-12-17/h17-19H,2-16H2,1H3. The van der Waals surface area contributed by atoms with Gasteiger partial charge in [-0.25, -0.2) is 0 Å². The van der Waals surface area contributed by atoms with Gasteiger partial charge >= 0.3 is 0 Å². The first-order valence-corrected chi connectivity index (χ1v) is 9.40. The van der Waals surface area contributed by atoms with Crippen molar-refractivity contribution >= 4 is 0 Å². The Morgan fingerprint density at radius 3 is 2.05 bits per heavy atom. The van der Waals surface area contributed by atoms with Crippen LogP contribution in [0.1, 0.15) is 103 Å². The van der Waals surface area contributed by atoms with Gasteiger partial charge in [0.15, 0.2) is 0 Å². The van der Waals surface area contributed by atoms with E-state index in [0.717, 1.165) is 17.8 Å². The lowest BCUT2D eigenvalue weighted by Crippen LogP contribution is -2.21. The molecule has 0 aromatic heterocycles. The van der Waals surface area contributed by atoms with Crippen LogP contribution in [-0.2, 0) is 0 Å². The first-order valence-electron chi connectivity index (χ1n) is 9.40. The first-order chi connectivity index (χ1) is 9.40. The molecule has 2 aliphatic carbocycles. The minimum Gasteiger partial charge on any atom is -0.0654 e. The molecular weight excluding hydrogens is 228 g/mol. The molecule has 2 aliphatic rings. The normalized spacial score (nSPS) is 28.9. The molecule has 0 nitrogen and oxygen atoms in total. The van der Waals surface area contributed by atoms with Crippen molar-refractivity contribution in [2.45, 2.75) is 103 Å². The number of hydrogen-bond donors (Lipinski definition) is 0. The Kier molecular flexibility index (Phi) is 7.32. The van der Waals surface area contributed by atoms with Gasteiger partial charge in [0, 0.05) is 0 Å². The van der Waals surface area contributed by atoms with E-state index in [2.05, 4.69) is 6.92 Å². The summed E-state index contributed by atoms with van der Waals surface area (Å²) in [5.41, 5.74) is 0. The van der Waals surface area contributed by atoms with Gasteiger partial charge in [-0.05, 0) is 24.2 Å². The van der Waals surface area contributed by atoms with Gasteiger partial charge in [0.1, 0.15) is 0 Å². The SMILES string of the molecule is CCCCCCCC1CCCCC1CC1CCCC1. The van der Waals surface area contributed by atoms with E-state index in [1.165, 1.54) is 57.8 Å². The van der Waals surface area contributed by atoms with Gasteiger partial charge < -0.3 is 0 Å². The molecule has 2 saturated carbocycles. The molecule has 0 radical (unpaired) electrons. The van der Waals surface area contributed by atoms with Crippen LogP contribution < -0.4 is 0 Å². The summed E-state index contributed by atoms with van der Waals surface area (Å²) in [6, 6.07) is 0. The van der Waals surface area contributed by atoms with Crippen molar-refractivity contribution in [3.8, 4) is 0 Å². The molecule has 0 amide bonds. The van der Waals surface area contributed by atoms with Crippen molar-refractivity contribution in [1.29, 1.82) is 0 Å². The van der Waals surface area contributed by atoms with E-state index in [9.17, 15) is 0 Å². The highest BCUT2D eigenvalue weighted by Crippen LogP contribution is 2.40. The topological polar surface area (TPSA) is 0 Å². The summed E-state index contributed by atoms with van der Waals surface area (Å²) in [5.74, 6) is 3.34. The van der Waals surface area contributed by atoms with E-state index >= 15 is 0 Å². The maximum absolute atomic E-state index is 2.32.